The van der Waals surface area contributed by atoms with Gasteiger partial charge in [0.25, 0.3) is 11.8 Å². The van der Waals surface area contributed by atoms with Crippen LogP contribution in [0.1, 0.15) is 77.8 Å². The third kappa shape index (κ3) is 5.96. The number of rotatable bonds is 13. The molecule has 7 heteroatoms. The highest BCUT2D eigenvalue weighted by atomic mass is 16.4. The second-order valence-corrected chi connectivity index (χ2v) is 9.20. The number of benzene rings is 2. The molecule has 35 heavy (non-hydrogen) atoms. The maximum absolute atomic E-state index is 13.1. The van der Waals surface area contributed by atoms with Gasteiger partial charge in [-0.2, -0.15) is 0 Å². The SMILES string of the molecule is CCCc1ccc(CCC(CC(C(=O)O)C(CCC)N2C(=O)c3ccccc3C2=O)C(=O)O)cc1. The predicted molar refractivity (Wildman–Crippen MR) is 131 cm³/mol. The number of hydrogen-bond donors (Lipinski definition) is 2. The molecule has 0 radical (unpaired) electrons. The molecule has 2 N–H and O–H groups in total. The minimum Gasteiger partial charge on any atom is -0.481 e. The van der Waals surface area contributed by atoms with Crippen molar-refractivity contribution in [3.05, 3.63) is 70.8 Å². The van der Waals surface area contributed by atoms with E-state index in [9.17, 15) is 29.4 Å². The van der Waals surface area contributed by atoms with Crippen molar-refractivity contribution in [2.24, 2.45) is 11.8 Å². The van der Waals surface area contributed by atoms with E-state index in [-0.39, 0.29) is 30.4 Å². The lowest BCUT2D eigenvalue weighted by Gasteiger charge is -2.32. The minimum atomic E-state index is -1.20. The number of hydrogen-bond acceptors (Lipinski definition) is 4. The molecule has 1 aliphatic heterocycles. The maximum atomic E-state index is 13.1. The Bertz CT molecular complexity index is 1040. The highest BCUT2D eigenvalue weighted by Gasteiger charge is 2.45. The summed E-state index contributed by atoms with van der Waals surface area (Å²) in [5.74, 6) is -5.40. The van der Waals surface area contributed by atoms with E-state index in [4.69, 9.17) is 0 Å². The molecule has 186 valence electrons. The van der Waals surface area contributed by atoms with Crippen LogP contribution in [0.5, 0.6) is 0 Å². The Hall–Kier alpha value is -3.48. The van der Waals surface area contributed by atoms with Crippen molar-refractivity contribution in [2.75, 3.05) is 0 Å². The molecule has 7 nitrogen and oxygen atoms in total. The van der Waals surface area contributed by atoms with Crippen molar-refractivity contribution in [1.29, 1.82) is 0 Å². The Labute approximate surface area is 205 Å². The lowest BCUT2D eigenvalue weighted by atomic mass is 9.83. The standard InChI is InChI=1S/C28H33NO6/c1-3-7-18-11-13-19(14-12-18)15-16-20(27(32)33)17-23(28(34)35)24(8-4-2)29-25(30)21-9-5-6-10-22(21)26(29)31/h5-6,9-14,20,23-24H,3-4,7-8,15-17H2,1-2H3,(H,32,33)(H,34,35). The zero-order valence-corrected chi connectivity index (χ0v) is 20.3. The highest BCUT2D eigenvalue weighted by molar-refractivity contribution is 6.21. The van der Waals surface area contributed by atoms with Gasteiger partial charge in [-0.15, -0.1) is 0 Å². The summed E-state index contributed by atoms with van der Waals surface area (Å²) in [7, 11) is 0. The van der Waals surface area contributed by atoms with Crippen molar-refractivity contribution >= 4 is 23.8 Å². The van der Waals surface area contributed by atoms with Crippen LogP contribution in [0, 0.1) is 11.8 Å². The van der Waals surface area contributed by atoms with Crippen LogP contribution in [-0.2, 0) is 22.4 Å². The Morgan fingerprint density at radius 3 is 1.77 bits per heavy atom. The van der Waals surface area contributed by atoms with Crippen LogP contribution in [0.25, 0.3) is 0 Å². The van der Waals surface area contributed by atoms with Gasteiger partial charge in [0.2, 0.25) is 0 Å². The Kier molecular flexibility index (Phi) is 8.79. The molecule has 1 heterocycles. The summed E-state index contributed by atoms with van der Waals surface area (Å²) in [5, 5.41) is 20.0. The highest BCUT2D eigenvalue weighted by Crippen LogP contribution is 2.33. The lowest BCUT2D eigenvalue weighted by molar-refractivity contribution is -0.147. The number of aliphatic carboxylic acids is 2. The predicted octanol–water partition coefficient (Wildman–Crippen LogP) is 4.83. The molecule has 0 aromatic heterocycles. The molecule has 3 atom stereocenters. The van der Waals surface area contributed by atoms with E-state index in [1.54, 1.807) is 24.3 Å². The molecule has 0 saturated heterocycles. The summed E-state index contributed by atoms with van der Waals surface area (Å²) in [6.45, 7) is 3.96. The zero-order valence-electron chi connectivity index (χ0n) is 20.3. The van der Waals surface area contributed by atoms with Crippen molar-refractivity contribution in [2.45, 2.75) is 64.8 Å². The van der Waals surface area contributed by atoms with Gasteiger partial charge in [0, 0.05) is 0 Å². The second kappa shape index (κ2) is 11.8. The fourth-order valence-corrected chi connectivity index (χ4v) is 4.89. The normalized spacial score (nSPS) is 15.5. The Balaban J connectivity index is 1.80. The average molecular weight is 480 g/mol. The molecule has 0 bridgehead atoms. The summed E-state index contributed by atoms with van der Waals surface area (Å²) in [6, 6.07) is 13.6. The van der Waals surface area contributed by atoms with Crippen molar-refractivity contribution in [3.63, 3.8) is 0 Å². The van der Waals surface area contributed by atoms with Gasteiger partial charge in [-0.05, 0) is 55.4 Å². The van der Waals surface area contributed by atoms with Gasteiger partial charge >= 0.3 is 11.9 Å². The maximum Gasteiger partial charge on any atom is 0.308 e. The van der Waals surface area contributed by atoms with E-state index < -0.39 is 41.6 Å². The number of aryl methyl sites for hydroxylation is 2. The molecule has 2 amide bonds. The molecule has 0 spiro atoms. The Morgan fingerprint density at radius 2 is 1.31 bits per heavy atom. The molecule has 2 aromatic rings. The van der Waals surface area contributed by atoms with Crippen molar-refractivity contribution in [1.82, 2.24) is 4.90 Å². The minimum absolute atomic E-state index is 0.156. The monoisotopic (exact) mass is 479 g/mol. The van der Waals surface area contributed by atoms with E-state index in [0.717, 1.165) is 23.3 Å². The third-order valence-corrected chi connectivity index (χ3v) is 6.75. The van der Waals surface area contributed by atoms with Gasteiger partial charge in [0.1, 0.15) is 0 Å². The number of carboxylic acid groups (broad SMARTS) is 2. The zero-order chi connectivity index (χ0) is 25.5. The van der Waals surface area contributed by atoms with Gasteiger partial charge in [0.05, 0.1) is 29.0 Å². The van der Waals surface area contributed by atoms with Crippen LogP contribution in [0.4, 0.5) is 0 Å². The number of fused-ring (bicyclic) bond motifs is 1. The number of nitrogens with zero attached hydrogens (tertiary/aromatic N) is 1. The third-order valence-electron chi connectivity index (χ3n) is 6.75. The first-order valence-electron chi connectivity index (χ1n) is 12.3. The topological polar surface area (TPSA) is 112 Å². The fraction of sp³-hybridized carbons (Fsp3) is 0.429. The van der Waals surface area contributed by atoms with E-state index in [2.05, 4.69) is 6.92 Å². The fourth-order valence-electron chi connectivity index (χ4n) is 4.89. The number of carbonyl (C=O) groups is 4. The van der Waals surface area contributed by atoms with Gasteiger partial charge in [-0.3, -0.25) is 24.1 Å². The molecule has 0 saturated carbocycles. The molecule has 0 fully saturated rings. The van der Waals surface area contributed by atoms with Gasteiger partial charge in [0.15, 0.2) is 0 Å². The van der Waals surface area contributed by atoms with Gasteiger partial charge in [-0.1, -0.05) is 63.1 Å². The molecule has 2 aromatic carbocycles. The summed E-state index contributed by atoms with van der Waals surface area (Å²) >= 11 is 0. The van der Waals surface area contributed by atoms with Crippen LogP contribution in [-0.4, -0.2) is 44.9 Å². The van der Waals surface area contributed by atoms with Crippen LogP contribution >= 0.6 is 0 Å². The molecular weight excluding hydrogens is 446 g/mol. The first-order chi connectivity index (χ1) is 16.8. The van der Waals surface area contributed by atoms with E-state index >= 15 is 0 Å². The first-order valence-corrected chi connectivity index (χ1v) is 12.3. The molecule has 0 aliphatic carbocycles. The lowest BCUT2D eigenvalue weighted by Crippen LogP contribution is -2.47. The van der Waals surface area contributed by atoms with Gasteiger partial charge < -0.3 is 10.2 Å². The van der Waals surface area contributed by atoms with Crippen LogP contribution in [0.15, 0.2) is 48.5 Å². The van der Waals surface area contributed by atoms with E-state index in [1.165, 1.54) is 5.56 Å². The quantitative estimate of drug-likeness (QED) is 0.398. The Morgan fingerprint density at radius 1 is 0.771 bits per heavy atom. The number of imide groups is 1. The van der Waals surface area contributed by atoms with Crippen LogP contribution in [0.2, 0.25) is 0 Å². The number of amides is 2. The van der Waals surface area contributed by atoms with Crippen LogP contribution in [0.3, 0.4) is 0 Å². The second-order valence-electron chi connectivity index (χ2n) is 9.20. The average Bonchev–Trinajstić information content (AvgIpc) is 3.09. The summed E-state index contributed by atoms with van der Waals surface area (Å²) in [5.41, 5.74) is 2.72. The largest absolute Gasteiger partial charge is 0.481 e. The summed E-state index contributed by atoms with van der Waals surface area (Å²) < 4.78 is 0. The molecule has 1 aliphatic rings. The van der Waals surface area contributed by atoms with Crippen molar-refractivity contribution < 1.29 is 29.4 Å². The molecule has 3 rings (SSSR count). The summed E-state index contributed by atoms with van der Waals surface area (Å²) in [6.07, 6.45) is 3.47. The molecular formula is C28H33NO6. The number of carbonyl (C=O) groups excluding carboxylic acids is 2. The smallest absolute Gasteiger partial charge is 0.308 e. The van der Waals surface area contributed by atoms with E-state index in [1.807, 2.05) is 31.2 Å². The van der Waals surface area contributed by atoms with E-state index in [0.29, 0.717) is 12.8 Å². The summed E-state index contributed by atoms with van der Waals surface area (Å²) in [4.78, 5) is 51.6. The van der Waals surface area contributed by atoms with Crippen molar-refractivity contribution in [3.8, 4) is 0 Å². The number of carboxylic acids is 2. The van der Waals surface area contributed by atoms with Gasteiger partial charge in [-0.25, -0.2) is 0 Å². The first kappa shape index (κ1) is 26.1. The molecule has 3 unspecified atom stereocenters. The van der Waals surface area contributed by atoms with Crippen LogP contribution < -0.4 is 0 Å².